The molecule has 0 saturated carbocycles. The summed E-state index contributed by atoms with van der Waals surface area (Å²) in [7, 11) is 0. The topological polar surface area (TPSA) is 93.7 Å². The van der Waals surface area contributed by atoms with Gasteiger partial charge in [0.1, 0.15) is 17.7 Å². The molecule has 2 heterocycles. The first kappa shape index (κ1) is 17.2. The van der Waals surface area contributed by atoms with E-state index in [9.17, 15) is 4.39 Å². The van der Waals surface area contributed by atoms with Crippen molar-refractivity contribution in [1.29, 1.82) is 0 Å². The lowest BCUT2D eigenvalue weighted by Crippen LogP contribution is -2.09. The highest BCUT2D eigenvalue weighted by Gasteiger charge is 2.10. The number of imidazole rings is 1. The van der Waals surface area contributed by atoms with E-state index in [1.54, 1.807) is 18.6 Å². The summed E-state index contributed by atoms with van der Waals surface area (Å²) < 4.78 is 15.5. The predicted molar refractivity (Wildman–Crippen MR) is 104 cm³/mol. The van der Waals surface area contributed by atoms with Crippen molar-refractivity contribution in [3.8, 4) is 5.69 Å². The number of nitrogen functional groups attached to an aromatic ring is 1. The molecule has 4 aromatic rings. The number of nitrogens with two attached hydrogens (primary N) is 1. The van der Waals surface area contributed by atoms with Gasteiger partial charge in [0.15, 0.2) is 5.65 Å². The molecule has 2 aromatic carbocycles. The minimum absolute atomic E-state index is 0.0543. The molecule has 136 valence electrons. The van der Waals surface area contributed by atoms with Crippen LogP contribution in [0.2, 0.25) is 5.02 Å². The zero-order valence-electron chi connectivity index (χ0n) is 14.2. The number of benzene rings is 2. The summed E-state index contributed by atoms with van der Waals surface area (Å²) in [4.78, 5) is 13.1. The Kier molecular flexibility index (Phi) is 4.35. The second-order valence-corrected chi connectivity index (χ2v) is 6.32. The standard InChI is InChI=1S/C18H15ClFN7/c1-10-2-4-12(7-15(10)26-21)27-9-23-16-8-22-18(25-17(16)27)24-11-3-5-13(19)14(20)6-11/h2-9,26H,21H2,1H3,(H,22,24,25). The number of fused-ring (bicyclic) bond motifs is 1. The van der Waals surface area contributed by atoms with Crippen LogP contribution < -0.4 is 16.6 Å². The lowest BCUT2D eigenvalue weighted by Gasteiger charge is -2.10. The maximum atomic E-state index is 13.6. The SMILES string of the molecule is Cc1ccc(-n2cnc3cnc(Nc4ccc(Cl)c(F)c4)nc32)cc1NN. The van der Waals surface area contributed by atoms with Gasteiger partial charge in [0.2, 0.25) is 5.95 Å². The Morgan fingerprint density at radius 2 is 2.00 bits per heavy atom. The van der Waals surface area contributed by atoms with Crippen molar-refractivity contribution in [1.82, 2.24) is 19.5 Å². The zero-order valence-corrected chi connectivity index (χ0v) is 15.0. The number of hydrogen-bond donors (Lipinski definition) is 3. The first-order valence-electron chi connectivity index (χ1n) is 8.05. The highest BCUT2D eigenvalue weighted by Crippen LogP contribution is 2.24. The average molecular weight is 384 g/mol. The number of nitrogens with one attached hydrogen (secondary N) is 2. The van der Waals surface area contributed by atoms with Crippen LogP contribution in [0.4, 0.5) is 21.7 Å². The number of hydrogen-bond acceptors (Lipinski definition) is 6. The van der Waals surface area contributed by atoms with Gasteiger partial charge in [-0.15, -0.1) is 0 Å². The van der Waals surface area contributed by atoms with E-state index in [-0.39, 0.29) is 5.02 Å². The maximum Gasteiger partial charge on any atom is 0.229 e. The summed E-state index contributed by atoms with van der Waals surface area (Å²) in [6.07, 6.45) is 3.26. The van der Waals surface area contributed by atoms with Gasteiger partial charge in [-0.25, -0.2) is 14.4 Å². The number of nitrogens with zero attached hydrogens (tertiary/aromatic N) is 4. The first-order valence-corrected chi connectivity index (χ1v) is 8.43. The van der Waals surface area contributed by atoms with Gasteiger partial charge in [-0.05, 0) is 42.8 Å². The lowest BCUT2D eigenvalue weighted by molar-refractivity contribution is 0.629. The van der Waals surface area contributed by atoms with Crippen LogP contribution >= 0.6 is 11.6 Å². The fraction of sp³-hybridized carbons (Fsp3) is 0.0556. The lowest BCUT2D eigenvalue weighted by atomic mass is 10.2. The molecule has 9 heteroatoms. The third-order valence-electron chi connectivity index (χ3n) is 4.12. The number of aryl methyl sites for hydroxylation is 1. The predicted octanol–water partition coefficient (Wildman–Crippen LogP) is 3.95. The van der Waals surface area contributed by atoms with Crippen molar-refractivity contribution in [2.24, 2.45) is 5.84 Å². The van der Waals surface area contributed by atoms with E-state index < -0.39 is 5.82 Å². The summed E-state index contributed by atoms with van der Waals surface area (Å²) in [5.74, 6) is 5.36. The fourth-order valence-corrected chi connectivity index (χ4v) is 2.79. The molecule has 0 bridgehead atoms. The molecule has 0 saturated heterocycles. The molecule has 0 amide bonds. The summed E-state index contributed by atoms with van der Waals surface area (Å²) in [6, 6.07) is 10.2. The van der Waals surface area contributed by atoms with Crippen LogP contribution in [0.1, 0.15) is 5.56 Å². The maximum absolute atomic E-state index is 13.6. The van der Waals surface area contributed by atoms with E-state index in [0.29, 0.717) is 22.8 Å². The largest absolute Gasteiger partial charge is 0.324 e. The quantitative estimate of drug-likeness (QED) is 0.365. The molecular weight excluding hydrogens is 369 g/mol. The summed E-state index contributed by atoms with van der Waals surface area (Å²) >= 11 is 5.71. The normalized spacial score (nSPS) is 11.0. The Morgan fingerprint density at radius 1 is 1.15 bits per heavy atom. The molecule has 7 nitrogen and oxygen atoms in total. The van der Waals surface area contributed by atoms with Gasteiger partial charge in [-0.3, -0.25) is 10.4 Å². The highest BCUT2D eigenvalue weighted by atomic mass is 35.5. The van der Waals surface area contributed by atoms with E-state index in [4.69, 9.17) is 17.4 Å². The van der Waals surface area contributed by atoms with Crippen molar-refractivity contribution >= 4 is 40.1 Å². The second kappa shape index (κ2) is 6.82. The molecule has 2 aromatic heterocycles. The molecule has 4 N–H and O–H groups in total. The smallest absolute Gasteiger partial charge is 0.229 e. The Balaban J connectivity index is 1.74. The van der Waals surface area contributed by atoms with Crippen molar-refractivity contribution < 1.29 is 4.39 Å². The molecular formula is C18H15ClFN7. The van der Waals surface area contributed by atoms with Crippen molar-refractivity contribution in [3.63, 3.8) is 0 Å². The van der Waals surface area contributed by atoms with Crippen LogP contribution in [0.25, 0.3) is 16.9 Å². The zero-order chi connectivity index (χ0) is 19.0. The van der Waals surface area contributed by atoms with Gasteiger partial charge in [-0.2, -0.15) is 4.98 Å². The van der Waals surface area contributed by atoms with E-state index in [2.05, 4.69) is 25.7 Å². The molecule has 0 aliphatic rings. The summed E-state index contributed by atoms with van der Waals surface area (Å²) in [6.45, 7) is 1.96. The van der Waals surface area contributed by atoms with Crippen molar-refractivity contribution in [3.05, 3.63) is 65.3 Å². The van der Waals surface area contributed by atoms with E-state index in [1.807, 2.05) is 29.7 Å². The van der Waals surface area contributed by atoms with Crippen LogP contribution in [-0.2, 0) is 0 Å². The van der Waals surface area contributed by atoms with Gasteiger partial charge in [0.25, 0.3) is 0 Å². The van der Waals surface area contributed by atoms with Crippen molar-refractivity contribution in [2.75, 3.05) is 10.7 Å². The molecule has 0 aliphatic carbocycles. The first-order chi connectivity index (χ1) is 13.0. The van der Waals surface area contributed by atoms with Gasteiger partial charge >= 0.3 is 0 Å². The molecule has 0 fully saturated rings. The Bertz CT molecular complexity index is 1140. The Morgan fingerprint density at radius 3 is 2.78 bits per heavy atom. The number of hydrazine groups is 1. The number of aromatic nitrogens is 4. The van der Waals surface area contributed by atoms with Gasteiger partial charge in [-0.1, -0.05) is 17.7 Å². The molecule has 0 spiro atoms. The summed E-state index contributed by atoms with van der Waals surface area (Å²) in [5, 5.41) is 3.02. The monoisotopic (exact) mass is 383 g/mol. The van der Waals surface area contributed by atoms with Gasteiger partial charge in [0, 0.05) is 5.69 Å². The Labute approximate surface area is 159 Å². The van der Waals surface area contributed by atoms with Gasteiger partial charge in [0.05, 0.1) is 22.6 Å². The highest BCUT2D eigenvalue weighted by molar-refractivity contribution is 6.30. The molecule has 0 aliphatic heterocycles. The molecule has 0 radical (unpaired) electrons. The fourth-order valence-electron chi connectivity index (χ4n) is 2.68. The molecule has 0 unspecified atom stereocenters. The van der Waals surface area contributed by atoms with Crippen LogP contribution in [0.3, 0.4) is 0 Å². The minimum Gasteiger partial charge on any atom is -0.324 e. The molecule has 0 atom stereocenters. The molecule has 4 rings (SSSR count). The number of halogens is 2. The van der Waals surface area contributed by atoms with Crippen LogP contribution in [0.5, 0.6) is 0 Å². The van der Waals surface area contributed by atoms with Crippen LogP contribution in [0.15, 0.2) is 48.9 Å². The van der Waals surface area contributed by atoms with Gasteiger partial charge < -0.3 is 10.7 Å². The minimum atomic E-state index is -0.519. The Hall–Kier alpha value is -3.23. The van der Waals surface area contributed by atoms with E-state index >= 15 is 0 Å². The van der Waals surface area contributed by atoms with E-state index in [1.165, 1.54) is 12.1 Å². The molecule has 27 heavy (non-hydrogen) atoms. The van der Waals surface area contributed by atoms with E-state index in [0.717, 1.165) is 16.9 Å². The van der Waals surface area contributed by atoms with Crippen LogP contribution in [-0.4, -0.2) is 19.5 Å². The van der Waals surface area contributed by atoms with Crippen LogP contribution in [0, 0.1) is 12.7 Å². The average Bonchev–Trinajstić information content (AvgIpc) is 3.08. The number of rotatable bonds is 4. The second-order valence-electron chi connectivity index (χ2n) is 5.91. The van der Waals surface area contributed by atoms with Crippen molar-refractivity contribution in [2.45, 2.75) is 6.92 Å². The third kappa shape index (κ3) is 3.27. The third-order valence-corrected chi connectivity index (χ3v) is 4.43. The number of anilines is 3. The summed E-state index contributed by atoms with van der Waals surface area (Å²) in [5.41, 5.74) is 7.07.